The van der Waals surface area contributed by atoms with E-state index in [1.165, 1.54) is 353 Å². The molecule has 0 radical (unpaired) electrons. The predicted molar refractivity (Wildman–Crippen MR) is 388 cm³/mol. The number of carbonyl (C=O) groups excluding carboxylic acids is 1. The fourth-order valence-electron chi connectivity index (χ4n) is 12.3. The molecule has 0 fully saturated rings. The summed E-state index contributed by atoms with van der Waals surface area (Å²) in [5.74, 6) is -0.167. The van der Waals surface area contributed by atoms with E-state index in [1.807, 2.05) is 27.2 Å². The van der Waals surface area contributed by atoms with Crippen LogP contribution in [0.1, 0.15) is 412 Å². The van der Waals surface area contributed by atoms with Crippen molar-refractivity contribution in [1.82, 2.24) is 5.32 Å². The quantitative estimate of drug-likeness (QED) is 0.0243. The number of carbonyl (C=O) groups is 1. The second-order valence-electron chi connectivity index (χ2n) is 28.4. The van der Waals surface area contributed by atoms with Crippen LogP contribution in [-0.4, -0.2) is 73.4 Å². The molecule has 0 aromatic rings. The fourth-order valence-corrected chi connectivity index (χ4v) is 13.0. The third-order valence-corrected chi connectivity index (χ3v) is 19.3. The van der Waals surface area contributed by atoms with Gasteiger partial charge in [0.15, 0.2) is 0 Å². The summed E-state index contributed by atoms with van der Waals surface area (Å²) in [4.78, 5) is 23.5. The number of aliphatic hydroxyl groups is 1. The SMILES string of the molecule is CCCCCCC/C=C\C/C=C\CCCCCCCCCCCCCCCCCCCCCCCCCCCC(=O)NC(COP(=O)(O)OCC[N+](C)(C)C)C(O)/C=C/CCCCCCCCCCCCCCCCCCCCCCCCCCCCC. The average molecular weight is 1260 g/mol. The van der Waals surface area contributed by atoms with E-state index in [0.29, 0.717) is 17.4 Å². The molecule has 3 unspecified atom stereocenters. The second kappa shape index (κ2) is 70.0. The van der Waals surface area contributed by atoms with E-state index in [2.05, 4.69) is 43.5 Å². The van der Waals surface area contributed by atoms with Gasteiger partial charge < -0.3 is 19.8 Å². The van der Waals surface area contributed by atoms with Crippen LogP contribution in [0.2, 0.25) is 0 Å². The Balaban J connectivity index is 3.94. The van der Waals surface area contributed by atoms with Gasteiger partial charge >= 0.3 is 7.82 Å². The van der Waals surface area contributed by atoms with Gasteiger partial charge in [0.25, 0.3) is 0 Å². The molecule has 9 heteroatoms. The summed E-state index contributed by atoms with van der Waals surface area (Å²) >= 11 is 0. The number of phosphoric ester groups is 1. The highest BCUT2D eigenvalue weighted by Crippen LogP contribution is 2.43. The summed E-state index contributed by atoms with van der Waals surface area (Å²) in [7, 11) is 1.59. The lowest BCUT2D eigenvalue weighted by Crippen LogP contribution is -2.45. The van der Waals surface area contributed by atoms with Gasteiger partial charge in [-0.1, -0.05) is 391 Å². The molecule has 0 rings (SSSR count). The van der Waals surface area contributed by atoms with Crippen molar-refractivity contribution >= 4 is 13.7 Å². The minimum Gasteiger partial charge on any atom is -0.387 e. The van der Waals surface area contributed by atoms with Crippen molar-refractivity contribution in [2.24, 2.45) is 0 Å². The van der Waals surface area contributed by atoms with Gasteiger partial charge in [0, 0.05) is 6.42 Å². The molecule has 522 valence electrons. The third kappa shape index (κ3) is 72.2. The van der Waals surface area contributed by atoms with Crippen molar-refractivity contribution < 1.29 is 32.9 Å². The molecule has 0 bridgehead atoms. The Morgan fingerprint density at radius 1 is 0.386 bits per heavy atom. The Kier molecular flexibility index (Phi) is 69.0. The van der Waals surface area contributed by atoms with E-state index < -0.39 is 20.0 Å². The smallest absolute Gasteiger partial charge is 0.387 e. The van der Waals surface area contributed by atoms with E-state index in [4.69, 9.17) is 9.05 Å². The topological polar surface area (TPSA) is 105 Å². The maximum atomic E-state index is 13.1. The fraction of sp³-hybridized carbons (Fsp3) is 0.911. The molecule has 0 aromatic carbocycles. The Morgan fingerprint density at radius 3 is 0.932 bits per heavy atom. The van der Waals surface area contributed by atoms with Crippen LogP contribution in [0.15, 0.2) is 36.5 Å². The van der Waals surface area contributed by atoms with Gasteiger partial charge in [-0.05, 0) is 51.4 Å². The number of unbranched alkanes of at least 4 members (excludes halogenated alkanes) is 57. The van der Waals surface area contributed by atoms with Gasteiger partial charge in [0.2, 0.25) is 5.91 Å². The van der Waals surface area contributed by atoms with Gasteiger partial charge in [-0.15, -0.1) is 0 Å². The predicted octanol–water partition coefficient (Wildman–Crippen LogP) is 25.6. The lowest BCUT2D eigenvalue weighted by atomic mass is 10.0. The van der Waals surface area contributed by atoms with Crippen molar-refractivity contribution in [2.45, 2.75) is 424 Å². The van der Waals surface area contributed by atoms with Gasteiger partial charge in [-0.25, -0.2) is 4.57 Å². The molecule has 0 spiro atoms. The molecular formula is C79H156N2O6P+. The summed E-state index contributed by atoms with van der Waals surface area (Å²) in [6.45, 7) is 4.87. The minimum atomic E-state index is -4.35. The Bertz CT molecular complexity index is 1530. The zero-order chi connectivity index (χ0) is 64.1. The van der Waals surface area contributed by atoms with Crippen molar-refractivity contribution in [1.29, 1.82) is 0 Å². The number of hydrogen-bond acceptors (Lipinski definition) is 5. The van der Waals surface area contributed by atoms with Crippen LogP contribution in [0.5, 0.6) is 0 Å². The zero-order valence-corrected chi connectivity index (χ0v) is 60.9. The summed E-state index contributed by atoms with van der Waals surface area (Å²) in [5.41, 5.74) is 0. The Hall–Kier alpha value is -1.28. The highest BCUT2D eigenvalue weighted by atomic mass is 31.2. The highest BCUT2D eigenvalue weighted by molar-refractivity contribution is 7.47. The molecule has 0 saturated heterocycles. The number of aliphatic hydroxyl groups excluding tert-OH is 1. The number of quaternary nitrogens is 1. The van der Waals surface area contributed by atoms with Crippen LogP contribution in [0.3, 0.4) is 0 Å². The number of amides is 1. The van der Waals surface area contributed by atoms with Gasteiger partial charge in [-0.3, -0.25) is 13.8 Å². The third-order valence-electron chi connectivity index (χ3n) is 18.4. The number of allylic oxidation sites excluding steroid dienone is 5. The Morgan fingerprint density at radius 2 is 0.648 bits per heavy atom. The number of nitrogens with zero attached hydrogens (tertiary/aromatic N) is 1. The molecule has 8 nitrogen and oxygen atoms in total. The molecule has 0 aliphatic rings. The molecule has 0 aliphatic heterocycles. The summed E-state index contributed by atoms with van der Waals surface area (Å²) in [5, 5.41) is 14.1. The van der Waals surface area contributed by atoms with E-state index >= 15 is 0 Å². The standard InChI is InChI=1S/C79H155N2O6P/c1-6-8-10-12-14-16-18-20-22-24-26-28-30-32-34-36-37-38-39-40-41-42-43-45-47-49-51-53-55-57-59-61-63-65-67-69-71-73-79(83)80-77(76-87-88(84,85)86-75-74-81(3,4)5)78(82)72-70-68-66-64-62-60-58-56-54-52-50-48-46-44-35-33-31-29-27-25-23-21-19-17-15-13-11-9-7-2/h18,20,24,26,70,72,77-78,82H,6-17,19,21-23,25,27-69,71,73-76H2,1-5H3,(H-,80,83,84,85)/p+1/b20-18-,26-24-,72-70+. The van der Waals surface area contributed by atoms with Crippen LogP contribution < -0.4 is 5.32 Å². The van der Waals surface area contributed by atoms with Crippen molar-refractivity contribution in [3.05, 3.63) is 36.5 Å². The van der Waals surface area contributed by atoms with Crippen LogP contribution in [0.4, 0.5) is 0 Å². The lowest BCUT2D eigenvalue weighted by Gasteiger charge is -2.25. The van der Waals surface area contributed by atoms with Crippen LogP contribution >= 0.6 is 7.82 Å². The Labute approximate surface area is 550 Å². The summed E-state index contributed by atoms with van der Waals surface area (Å²) in [6, 6.07) is -0.846. The maximum absolute atomic E-state index is 13.1. The molecule has 88 heavy (non-hydrogen) atoms. The monoisotopic (exact) mass is 1260 g/mol. The molecule has 1 amide bonds. The normalized spacial score (nSPS) is 13.7. The first kappa shape index (κ1) is 86.7. The second-order valence-corrected chi connectivity index (χ2v) is 29.9. The van der Waals surface area contributed by atoms with E-state index in [1.54, 1.807) is 6.08 Å². The number of nitrogens with one attached hydrogen (secondary N) is 1. The maximum Gasteiger partial charge on any atom is 0.472 e. The lowest BCUT2D eigenvalue weighted by molar-refractivity contribution is -0.870. The van der Waals surface area contributed by atoms with E-state index in [9.17, 15) is 19.4 Å². The van der Waals surface area contributed by atoms with Gasteiger partial charge in [0.05, 0.1) is 39.9 Å². The molecule has 0 aromatic heterocycles. The summed E-state index contributed by atoms with van der Waals surface area (Å²) in [6.07, 6.45) is 94.8. The first-order valence-electron chi connectivity index (χ1n) is 39.4. The molecule has 0 aliphatic carbocycles. The molecule has 3 N–H and O–H groups in total. The van der Waals surface area contributed by atoms with E-state index in [0.717, 1.165) is 38.5 Å². The van der Waals surface area contributed by atoms with Crippen LogP contribution in [0.25, 0.3) is 0 Å². The first-order chi connectivity index (χ1) is 43.0. The van der Waals surface area contributed by atoms with Crippen molar-refractivity contribution in [3.8, 4) is 0 Å². The van der Waals surface area contributed by atoms with Gasteiger partial charge in [0.1, 0.15) is 13.2 Å². The van der Waals surface area contributed by atoms with Crippen molar-refractivity contribution in [3.63, 3.8) is 0 Å². The van der Waals surface area contributed by atoms with E-state index in [-0.39, 0.29) is 19.1 Å². The number of likely N-dealkylation sites (N-methyl/N-ethyl adjacent to an activating group) is 1. The molecule has 0 heterocycles. The number of hydrogen-bond donors (Lipinski definition) is 3. The van der Waals surface area contributed by atoms with Crippen LogP contribution in [-0.2, 0) is 18.4 Å². The van der Waals surface area contributed by atoms with Crippen molar-refractivity contribution in [2.75, 3.05) is 40.9 Å². The minimum absolute atomic E-state index is 0.0643. The number of phosphoric acid groups is 1. The van der Waals surface area contributed by atoms with Gasteiger partial charge in [-0.2, -0.15) is 0 Å². The zero-order valence-electron chi connectivity index (χ0n) is 60.0. The summed E-state index contributed by atoms with van der Waals surface area (Å²) < 4.78 is 23.9. The number of rotatable bonds is 74. The highest BCUT2D eigenvalue weighted by Gasteiger charge is 2.28. The average Bonchev–Trinajstić information content (AvgIpc) is 3.70. The van der Waals surface area contributed by atoms with Crippen LogP contribution in [0, 0.1) is 0 Å². The first-order valence-corrected chi connectivity index (χ1v) is 40.9. The molecular weight excluding hydrogens is 1100 g/mol. The molecule has 0 saturated carbocycles. The largest absolute Gasteiger partial charge is 0.472 e. The molecule has 3 atom stereocenters.